The number of amidine groups is 1. The highest BCUT2D eigenvalue weighted by atomic mass is 32.1. The number of hydrogen-bond acceptors (Lipinski definition) is 7. The van der Waals surface area contributed by atoms with Crippen molar-refractivity contribution in [1.82, 2.24) is 15.2 Å². The van der Waals surface area contributed by atoms with Gasteiger partial charge in [0.15, 0.2) is 10.8 Å². The van der Waals surface area contributed by atoms with Crippen LogP contribution in [0.15, 0.2) is 27.8 Å². The zero-order valence-corrected chi connectivity index (χ0v) is 14.9. The second kappa shape index (κ2) is 7.17. The van der Waals surface area contributed by atoms with Crippen LogP contribution in [0.25, 0.3) is 0 Å². The lowest BCUT2D eigenvalue weighted by molar-refractivity contribution is -0.142. The van der Waals surface area contributed by atoms with Crippen LogP contribution in [-0.2, 0) is 9.53 Å². The quantitative estimate of drug-likeness (QED) is 0.804. The van der Waals surface area contributed by atoms with Gasteiger partial charge in [-0.05, 0) is 13.8 Å². The van der Waals surface area contributed by atoms with Gasteiger partial charge in [0.25, 0.3) is 5.92 Å². The van der Waals surface area contributed by atoms with E-state index in [0.717, 1.165) is 0 Å². The molecule has 0 bridgehead atoms. The predicted octanol–water partition coefficient (Wildman–Crippen LogP) is 2.04. The van der Waals surface area contributed by atoms with E-state index in [-0.39, 0.29) is 38.7 Å². The van der Waals surface area contributed by atoms with E-state index in [9.17, 15) is 13.6 Å². The first-order chi connectivity index (χ1) is 11.8. The number of alkyl halides is 2. The Morgan fingerprint density at radius 3 is 2.92 bits per heavy atom. The first kappa shape index (κ1) is 17.9. The van der Waals surface area contributed by atoms with Crippen molar-refractivity contribution in [3.05, 3.63) is 27.9 Å². The summed E-state index contributed by atoms with van der Waals surface area (Å²) in [5.41, 5.74) is 0.938. The molecule has 3 heterocycles. The molecule has 25 heavy (non-hydrogen) atoms. The molecular weight excluding hydrogens is 350 g/mol. The first-order valence-corrected chi connectivity index (χ1v) is 8.96. The van der Waals surface area contributed by atoms with Gasteiger partial charge in [0.05, 0.1) is 24.8 Å². The largest absolute Gasteiger partial charge is 0.460 e. The first-order valence-electron chi connectivity index (χ1n) is 8.08. The minimum Gasteiger partial charge on any atom is -0.460 e. The van der Waals surface area contributed by atoms with Crippen LogP contribution in [0.5, 0.6) is 0 Å². The van der Waals surface area contributed by atoms with E-state index in [1.807, 2.05) is 5.38 Å². The van der Waals surface area contributed by atoms with Crippen molar-refractivity contribution in [3.63, 3.8) is 0 Å². The Bertz CT molecular complexity index is 701. The second-order valence-corrected chi connectivity index (χ2v) is 7.25. The lowest BCUT2D eigenvalue weighted by atomic mass is 10.1. The highest BCUT2D eigenvalue weighted by molar-refractivity contribution is 7.11. The zero-order valence-electron chi connectivity index (χ0n) is 14.1. The molecule has 1 saturated heterocycles. The molecule has 0 aromatic carbocycles. The van der Waals surface area contributed by atoms with E-state index < -0.39 is 11.9 Å². The molecule has 9 heteroatoms. The maximum absolute atomic E-state index is 13.5. The molecule has 1 aromatic heterocycles. The number of carbonyl (C=O) groups excluding carboxylic acids is 1. The Kier molecular flexibility index (Phi) is 5.14. The molecule has 3 rings (SSSR count). The summed E-state index contributed by atoms with van der Waals surface area (Å²) in [4.78, 5) is 22.5. The van der Waals surface area contributed by atoms with Crippen molar-refractivity contribution in [2.45, 2.75) is 32.3 Å². The molecule has 2 aliphatic rings. The molecule has 2 aliphatic heterocycles. The number of nitrogens with one attached hydrogen (secondary N) is 1. The van der Waals surface area contributed by atoms with Crippen LogP contribution >= 0.6 is 11.3 Å². The van der Waals surface area contributed by atoms with Crippen molar-refractivity contribution in [3.8, 4) is 0 Å². The Balaban J connectivity index is 1.80. The molecule has 0 spiro atoms. The molecule has 6 nitrogen and oxygen atoms in total. The molecule has 1 aromatic rings. The van der Waals surface area contributed by atoms with Crippen molar-refractivity contribution >= 4 is 23.1 Å². The number of carbonyl (C=O) groups is 1. The Morgan fingerprint density at radius 2 is 2.32 bits per heavy atom. The molecule has 1 N–H and O–H groups in total. The molecule has 0 amide bonds. The van der Waals surface area contributed by atoms with Crippen LogP contribution < -0.4 is 5.32 Å². The molecule has 0 saturated carbocycles. The zero-order chi connectivity index (χ0) is 18.0. The van der Waals surface area contributed by atoms with E-state index in [1.165, 1.54) is 11.3 Å². The minimum atomic E-state index is -2.68. The van der Waals surface area contributed by atoms with Gasteiger partial charge in [0.1, 0.15) is 0 Å². The number of esters is 1. The predicted molar refractivity (Wildman–Crippen MR) is 90.9 cm³/mol. The van der Waals surface area contributed by atoms with Crippen LogP contribution in [0.2, 0.25) is 0 Å². The maximum atomic E-state index is 13.5. The number of ether oxygens (including phenoxy) is 1. The molecule has 136 valence electrons. The third-order valence-electron chi connectivity index (χ3n) is 3.88. The standard InChI is InChI=1S/C16H20F2N4O2S/c1-10(2)24-15(23)11-7-20-13(14-19-4-6-25-14)21-12(11)8-22-5-3-16(17,18)9-22/h4,6,10H,3,5,7-9H2,1-2H3,(H,20,21). The molecule has 0 atom stereocenters. The summed E-state index contributed by atoms with van der Waals surface area (Å²) in [6.45, 7) is 3.87. The Morgan fingerprint density at radius 1 is 1.52 bits per heavy atom. The average Bonchev–Trinajstić information content (AvgIpc) is 3.16. The third kappa shape index (κ3) is 4.40. The topological polar surface area (TPSA) is 66.8 Å². The fraction of sp³-hybridized carbons (Fsp3) is 0.562. The smallest absolute Gasteiger partial charge is 0.337 e. The summed E-state index contributed by atoms with van der Waals surface area (Å²) in [6, 6.07) is 0. The Hall–Kier alpha value is -1.87. The highest BCUT2D eigenvalue weighted by Gasteiger charge is 2.39. The van der Waals surface area contributed by atoms with Crippen LogP contribution in [0.1, 0.15) is 25.3 Å². The average molecular weight is 370 g/mol. The van der Waals surface area contributed by atoms with Gasteiger partial charge >= 0.3 is 5.97 Å². The van der Waals surface area contributed by atoms with E-state index >= 15 is 0 Å². The van der Waals surface area contributed by atoms with E-state index in [2.05, 4.69) is 15.3 Å². The summed E-state index contributed by atoms with van der Waals surface area (Å²) in [7, 11) is 0. The number of halogens is 2. The third-order valence-corrected chi connectivity index (χ3v) is 4.66. The SMILES string of the molecule is CC(C)OC(=O)C1=C(CN2CCC(F)(F)C2)NC(c2nccs2)=NC1. The molecule has 0 radical (unpaired) electrons. The van der Waals surface area contributed by atoms with Crippen LogP contribution in [-0.4, -0.2) is 59.9 Å². The van der Waals surface area contributed by atoms with E-state index in [0.29, 0.717) is 22.1 Å². The molecular formula is C16H20F2N4O2S. The number of likely N-dealkylation sites (tertiary alicyclic amines) is 1. The van der Waals surface area contributed by atoms with Gasteiger partial charge in [0.2, 0.25) is 0 Å². The number of thiazole rings is 1. The molecule has 0 aliphatic carbocycles. The van der Waals surface area contributed by atoms with Gasteiger partial charge in [0, 0.05) is 36.8 Å². The van der Waals surface area contributed by atoms with Crippen LogP contribution in [0, 0.1) is 0 Å². The fourth-order valence-electron chi connectivity index (χ4n) is 2.75. The fourth-order valence-corrected chi connectivity index (χ4v) is 3.35. The van der Waals surface area contributed by atoms with Crippen LogP contribution in [0.3, 0.4) is 0 Å². The van der Waals surface area contributed by atoms with Gasteiger partial charge in [-0.1, -0.05) is 0 Å². The van der Waals surface area contributed by atoms with Crippen molar-refractivity contribution in [2.75, 3.05) is 26.2 Å². The summed E-state index contributed by atoms with van der Waals surface area (Å²) in [6.07, 6.45) is 1.23. The Labute approximate surface area is 148 Å². The van der Waals surface area contributed by atoms with E-state index in [4.69, 9.17) is 4.74 Å². The van der Waals surface area contributed by atoms with Crippen LogP contribution in [0.4, 0.5) is 8.78 Å². The normalized spacial score (nSPS) is 20.6. The van der Waals surface area contributed by atoms with Crippen molar-refractivity contribution < 1.29 is 18.3 Å². The van der Waals surface area contributed by atoms with Gasteiger partial charge in [-0.15, -0.1) is 11.3 Å². The molecule has 1 fully saturated rings. The number of rotatable bonds is 5. The summed E-state index contributed by atoms with van der Waals surface area (Å²) >= 11 is 1.42. The van der Waals surface area contributed by atoms with Gasteiger partial charge in [-0.25, -0.2) is 18.6 Å². The number of nitrogens with zero attached hydrogens (tertiary/aromatic N) is 3. The van der Waals surface area contributed by atoms with Gasteiger partial charge in [-0.2, -0.15) is 0 Å². The summed E-state index contributed by atoms with van der Waals surface area (Å²) in [5.74, 6) is -2.59. The molecule has 0 unspecified atom stereocenters. The number of aromatic nitrogens is 1. The van der Waals surface area contributed by atoms with Crippen molar-refractivity contribution in [1.29, 1.82) is 0 Å². The summed E-state index contributed by atoms with van der Waals surface area (Å²) < 4.78 is 32.2. The van der Waals surface area contributed by atoms with Crippen molar-refractivity contribution in [2.24, 2.45) is 4.99 Å². The lowest BCUT2D eigenvalue weighted by Gasteiger charge is -2.25. The second-order valence-electron chi connectivity index (χ2n) is 6.35. The minimum absolute atomic E-state index is 0.146. The summed E-state index contributed by atoms with van der Waals surface area (Å²) in [5, 5.41) is 5.63. The van der Waals surface area contributed by atoms with Gasteiger partial charge in [-0.3, -0.25) is 9.89 Å². The highest BCUT2D eigenvalue weighted by Crippen LogP contribution is 2.28. The lowest BCUT2D eigenvalue weighted by Crippen LogP contribution is -2.39. The monoisotopic (exact) mass is 370 g/mol. The maximum Gasteiger partial charge on any atom is 0.337 e. The van der Waals surface area contributed by atoms with E-state index in [1.54, 1.807) is 24.9 Å². The number of aliphatic imine (C=N–C) groups is 1. The van der Waals surface area contributed by atoms with Gasteiger partial charge < -0.3 is 10.1 Å². The number of hydrogen-bond donors (Lipinski definition) is 1.